The second kappa shape index (κ2) is 16.0. The number of rotatable bonds is 3. The predicted molar refractivity (Wildman–Crippen MR) is 204 cm³/mol. The Hall–Kier alpha value is -5.57. The molecule has 0 fully saturated rings. The SMILES string of the molecule is Cc1ccnc(-c2cc(C)ccn2)c1.Cc1ccnc(-c2cc(C)ccn2)c1.[Ru].c1csc(-c2nc3c4cccnc4c4ncccc4c3[nH]2)c1. The first kappa shape index (κ1) is 35.3. The summed E-state index contributed by atoms with van der Waals surface area (Å²) in [5.41, 5.74) is 12.4. The van der Waals surface area contributed by atoms with Crippen LogP contribution in [0.1, 0.15) is 22.3 Å². The molecule has 8 aromatic heterocycles. The number of nitrogens with one attached hydrogen (secondary N) is 1. The van der Waals surface area contributed by atoms with E-state index in [1.54, 1.807) is 23.7 Å². The maximum Gasteiger partial charge on any atom is 0.148 e. The van der Waals surface area contributed by atoms with Crippen molar-refractivity contribution in [3.05, 3.63) is 150 Å². The van der Waals surface area contributed by atoms with Crippen LogP contribution in [0.2, 0.25) is 0 Å². The van der Waals surface area contributed by atoms with Crippen molar-refractivity contribution in [2.45, 2.75) is 27.7 Å². The molecule has 1 N–H and O–H groups in total. The van der Waals surface area contributed by atoms with Gasteiger partial charge in [0.15, 0.2) is 0 Å². The van der Waals surface area contributed by atoms with Crippen molar-refractivity contribution in [1.82, 2.24) is 39.9 Å². The molecule has 0 bridgehead atoms. The molecule has 0 radical (unpaired) electrons. The summed E-state index contributed by atoms with van der Waals surface area (Å²) < 4.78 is 0. The summed E-state index contributed by atoms with van der Waals surface area (Å²) >= 11 is 1.68. The number of benzene rings is 1. The molecule has 9 aromatic rings. The van der Waals surface area contributed by atoms with E-state index in [1.165, 1.54) is 22.3 Å². The van der Waals surface area contributed by atoms with Crippen LogP contribution in [0.4, 0.5) is 0 Å². The standard InChI is InChI=1S/C17H10N4S.2C12H12N2.Ru/c1-4-10-13(18-7-1)14-11(5-2-8-19-14)16-15(10)20-17(21-16)12-6-3-9-22-12;2*1-9-3-5-13-11(7-9)12-8-10(2)4-6-14-12;/h1-9H,(H,20,21);2*3-8H,1-2H3;. The van der Waals surface area contributed by atoms with Crippen LogP contribution in [0.25, 0.3) is 66.3 Å². The van der Waals surface area contributed by atoms with Gasteiger partial charge in [-0.3, -0.25) is 29.9 Å². The largest absolute Gasteiger partial charge is 0.337 e. The number of aromatic nitrogens is 8. The van der Waals surface area contributed by atoms with Gasteiger partial charge in [0, 0.05) is 67.4 Å². The van der Waals surface area contributed by atoms with Crippen LogP contribution in [0, 0.1) is 27.7 Å². The van der Waals surface area contributed by atoms with Crippen molar-refractivity contribution in [1.29, 1.82) is 0 Å². The van der Waals surface area contributed by atoms with Crippen LogP contribution < -0.4 is 0 Å². The summed E-state index contributed by atoms with van der Waals surface area (Å²) in [4.78, 5) is 35.6. The van der Waals surface area contributed by atoms with Gasteiger partial charge in [0.25, 0.3) is 0 Å². The van der Waals surface area contributed by atoms with Crippen LogP contribution in [0.3, 0.4) is 0 Å². The molecule has 10 heteroatoms. The maximum atomic E-state index is 4.82. The van der Waals surface area contributed by atoms with Gasteiger partial charge in [-0.25, -0.2) is 4.98 Å². The third kappa shape index (κ3) is 8.09. The van der Waals surface area contributed by atoms with Crippen molar-refractivity contribution < 1.29 is 19.5 Å². The van der Waals surface area contributed by atoms with E-state index < -0.39 is 0 Å². The summed E-state index contributed by atoms with van der Waals surface area (Å²) in [7, 11) is 0. The van der Waals surface area contributed by atoms with E-state index in [0.29, 0.717) is 0 Å². The van der Waals surface area contributed by atoms with E-state index in [0.717, 1.165) is 66.3 Å². The Kier molecular flexibility index (Phi) is 11.0. The van der Waals surface area contributed by atoms with Gasteiger partial charge in [-0.2, -0.15) is 0 Å². The molecule has 0 aliphatic carbocycles. The molecule has 0 aliphatic heterocycles. The minimum Gasteiger partial charge on any atom is -0.337 e. The number of nitrogens with zero attached hydrogens (tertiary/aromatic N) is 7. The summed E-state index contributed by atoms with van der Waals surface area (Å²) in [6, 6.07) is 28.2. The van der Waals surface area contributed by atoms with Crippen LogP contribution in [0.15, 0.2) is 127 Å². The van der Waals surface area contributed by atoms with Crippen LogP contribution in [0.5, 0.6) is 0 Å². The summed E-state index contributed by atoms with van der Waals surface area (Å²) in [6.07, 6.45) is 10.9. The first-order valence-corrected chi connectivity index (χ1v) is 17.1. The zero-order valence-electron chi connectivity index (χ0n) is 28.5. The number of aryl methyl sites for hydroxylation is 4. The topological polar surface area (TPSA) is 106 Å². The number of fused-ring (bicyclic) bond motifs is 6. The molecule has 8 nitrogen and oxygen atoms in total. The molecule has 9 rings (SSSR count). The van der Waals surface area contributed by atoms with Gasteiger partial charge < -0.3 is 4.98 Å². The summed E-state index contributed by atoms with van der Waals surface area (Å²) in [5.74, 6) is 0.895. The predicted octanol–water partition coefficient (Wildman–Crippen LogP) is 9.91. The Labute approximate surface area is 313 Å². The van der Waals surface area contributed by atoms with Crippen LogP contribution in [-0.4, -0.2) is 39.9 Å². The zero-order valence-corrected chi connectivity index (χ0v) is 31.1. The molecule has 252 valence electrons. The van der Waals surface area contributed by atoms with Gasteiger partial charge >= 0.3 is 0 Å². The minimum absolute atomic E-state index is 0. The minimum atomic E-state index is 0. The molecule has 8 heterocycles. The van der Waals surface area contributed by atoms with Crippen molar-refractivity contribution in [3.8, 4) is 33.5 Å². The fourth-order valence-corrected chi connectivity index (χ4v) is 6.25. The van der Waals surface area contributed by atoms with E-state index in [4.69, 9.17) is 4.98 Å². The second-order valence-corrected chi connectivity index (χ2v) is 12.9. The van der Waals surface area contributed by atoms with Gasteiger partial charge in [0.2, 0.25) is 0 Å². The average Bonchev–Trinajstić information content (AvgIpc) is 3.84. The van der Waals surface area contributed by atoms with E-state index in [9.17, 15) is 0 Å². The number of aromatic amines is 1. The van der Waals surface area contributed by atoms with Crippen LogP contribution in [-0.2, 0) is 19.5 Å². The smallest absolute Gasteiger partial charge is 0.148 e. The molecule has 0 unspecified atom stereocenters. The maximum absolute atomic E-state index is 4.82. The molecular weight excluding hydrogens is 738 g/mol. The first-order valence-electron chi connectivity index (χ1n) is 16.2. The number of pyridine rings is 6. The molecule has 51 heavy (non-hydrogen) atoms. The Morgan fingerprint density at radius 1 is 0.471 bits per heavy atom. The monoisotopic (exact) mass is 772 g/mol. The Balaban J connectivity index is 0.000000137. The third-order valence-corrected chi connectivity index (χ3v) is 8.89. The van der Waals surface area contributed by atoms with E-state index in [2.05, 4.69) is 86.2 Å². The number of H-pyrrole nitrogens is 1. The van der Waals surface area contributed by atoms with Gasteiger partial charge in [-0.1, -0.05) is 6.07 Å². The van der Waals surface area contributed by atoms with E-state index >= 15 is 0 Å². The molecule has 0 amide bonds. The third-order valence-electron chi connectivity index (χ3n) is 8.01. The molecule has 0 atom stereocenters. The molecule has 0 spiro atoms. The molecule has 0 saturated carbocycles. The normalized spacial score (nSPS) is 10.6. The van der Waals surface area contributed by atoms with Gasteiger partial charge in [-0.15, -0.1) is 11.3 Å². The molecule has 1 aromatic carbocycles. The molecule has 0 saturated heterocycles. The first-order chi connectivity index (χ1) is 24.4. The second-order valence-electron chi connectivity index (χ2n) is 12.0. The molecular formula is C41H34N8RuS. The van der Waals surface area contributed by atoms with Gasteiger partial charge in [0.05, 0.1) is 49.7 Å². The summed E-state index contributed by atoms with van der Waals surface area (Å²) in [5, 5.41) is 4.14. The van der Waals surface area contributed by atoms with Crippen molar-refractivity contribution in [2.24, 2.45) is 0 Å². The fraction of sp³-hybridized carbons (Fsp3) is 0.0976. The Bertz CT molecular complexity index is 2320. The van der Waals surface area contributed by atoms with E-state index in [-0.39, 0.29) is 19.5 Å². The van der Waals surface area contributed by atoms with E-state index in [1.807, 2.05) is 91.5 Å². The van der Waals surface area contributed by atoms with Gasteiger partial charge in [0.1, 0.15) is 5.82 Å². The van der Waals surface area contributed by atoms with Crippen LogP contribution >= 0.6 is 11.3 Å². The Morgan fingerprint density at radius 3 is 1.35 bits per heavy atom. The summed E-state index contributed by atoms with van der Waals surface area (Å²) in [6.45, 7) is 8.23. The number of hydrogen-bond donors (Lipinski definition) is 1. The fourth-order valence-electron chi connectivity index (χ4n) is 5.58. The van der Waals surface area contributed by atoms with Crippen molar-refractivity contribution in [2.75, 3.05) is 0 Å². The quantitative estimate of drug-likeness (QED) is 0.141. The number of imidazole rings is 1. The van der Waals surface area contributed by atoms with Crippen molar-refractivity contribution >= 4 is 44.2 Å². The molecule has 0 aliphatic rings. The van der Waals surface area contributed by atoms with Crippen molar-refractivity contribution in [3.63, 3.8) is 0 Å². The average molecular weight is 772 g/mol. The van der Waals surface area contributed by atoms with Gasteiger partial charge in [-0.05, 0) is 134 Å². The number of thiophene rings is 1. The zero-order chi connectivity index (χ0) is 34.5. The number of hydrogen-bond acceptors (Lipinski definition) is 8. The Morgan fingerprint density at radius 2 is 0.922 bits per heavy atom.